The third-order valence-corrected chi connectivity index (χ3v) is 9.24. The van der Waals surface area contributed by atoms with Gasteiger partial charge in [0.2, 0.25) is 4.77 Å². The molecule has 0 aliphatic heterocycles. The van der Waals surface area contributed by atoms with Crippen LogP contribution in [0.5, 0.6) is 0 Å². The van der Waals surface area contributed by atoms with Gasteiger partial charge in [0.1, 0.15) is 11.9 Å². The molecule has 1 saturated carbocycles. The summed E-state index contributed by atoms with van der Waals surface area (Å²) in [7, 11) is 0. The number of pyridine rings is 1. The molecule has 44 heavy (non-hydrogen) atoms. The van der Waals surface area contributed by atoms with Crippen LogP contribution in [0, 0.1) is 4.77 Å². The highest BCUT2D eigenvalue weighted by atomic mass is 35.5. The largest absolute Gasteiger partial charge is 0.417 e. The third kappa shape index (κ3) is 8.25. The van der Waals surface area contributed by atoms with E-state index in [9.17, 15) is 23.1 Å². The highest BCUT2D eigenvalue weighted by molar-refractivity contribution is 7.71. The molecule has 0 bridgehead atoms. The second kappa shape index (κ2) is 13.9. The van der Waals surface area contributed by atoms with Crippen molar-refractivity contribution in [2.45, 2.75) is 49.0 Å². The van der Waals surface area contributed by atoms with Gasteiger partial charge in [-0.2, -0.15) is 13.2 Å². The molecule has 16 heteroatoms. The Kier molecular flexibility index (Phi) is 10.9. The van der Waals surface area contributed by atoms with Crippen molar-refractivity contribution in [1.29, 1.82) is 0 Å². The van der Waals surface area contributed by atoms with Crippen LogP contribution in [0.4, 0.5) is 13.2 Å². The Morgan fingerprint density at radius 2 is 1.66 bits per heavy atom. The van der Waals surface area contributed by atoms with Crippen LogP contribution >= 0.6 is 70.2 Å². The molecule has 2 aromatic carbocycles. The number of rotatable bonds is 8. The molecule has 4 aromatic rings. The first kappa shape index (κ1) is 34.5. The summed E-state index contributed by atoms with van der Waals surface area (Å²) in [6, 6.07) is 12.8. The molecule has 1 atom stereocenters. The van der Waals surface area contributed by atoms with E-state index in [0.717, 1.165) is 24.5 Å². The zero-order valence-electron chi connectivity index (χ0n) is 22.4. The molecule has 1 unspecified atom stereocenters. The Hall–Kier alpha value is -2.38. The summed E-state index contributed by atoms with van der Waals surface area (Å²) in [5.74, 6) is -0.585. The van der Waals surface area contributed by atoms with E-state index in [1.54, 1.807) is 10.7 Å². The number of alkyl halides is 4. The normalized spacial score (nSPS) is 15.1. The minimum Gasteiger partial charge on any atom is -0.386 e. The van der Waals surface area contributed by atoms with Crippen molar-refractivity contribution in [3.8, 4) is 0 Å². The van der Waals surface area contributed by atoms with Crippen LogP contribution in [0.25, 0.3) is 0 Å². The summed E-state index contributed by atoms with van der Waals surface area (Å²) >= 11 is 35.4. The van der Waals surface area contributed by atoms with Gasteiger partial charge in [0.25, 0.3) is 5.91 Å². The average molecular weight is 728 g/mol. The number of carbonyl (C=O) groups excluding carboxylic acids is 1. The molecule has 0 radical (unpaired) electrons. The first-order valence-corrected chi connectivity index (χ1v) is 15.1. The molecule has 1 fully saturated rings. The van der Waals surface area contributed by atoms with Crippen molar-refractivity contribution in [2.24, 2.45) is 0 Å². The van der Waals surface area contributed by atoms with Crippen LogP contribution in [-0.2, 0) is 25.7 Å². The summed E-state index contributed by atoms with van der Waals surface area (Å²) in [5.41, 5.74) is -1.06. The quantitative estimate of drug-likeness (QED) is 0.125. The van der Waals surface area contributed by atoms with Gasteiger partial charge in [-0.1, -0.05) is 70.7 Å². The highest BCUT2D eigenvalue weighted by Gasteiger charge is 2.58. The van der Waals surface area contributed by atoms with Gasteiger partial charge in [-0.25, -0.2) is 4.98 Å². The van der Waals surface area contributed by atoms with Gasteiger partial charge >= 0.3 is 6.18 Å². The monoisotopic (exact) mass is 725 g/mol. The Morgan fingerprint density at radius 3 is 2.20 bits per heavy atom. The van der Waals surface area contributed by atoms with Crippen LogP contribution in [0.15, 0.2) is 61.1 Å². The number of aliphatic hydroxyl groups is 1. The highest BCUT2D eigenvalue weighted by Crippen LogP contribution is 2.53. The first-order chi connectivity index (χ1) is 20.6. The third-order valence-electron chi connectivity index (χ3n) is 6.85. The molecule has 3 N–H and O–H groups in total. The number of hydrogen-bond acceptors (Lipinski definition) is 5. The van der Waals surface area contributed by atoms with Gasteiger partial charge in [-0.3, -0.25) is 19.6 Å². The maximum atomic E-state index is 12.5. The molecular formula is C28H23Cl5F3N5O2S. The number of nitrogens with one attached hydrogen (secondary N) is 2. The van der Waals surface area contributed by atoms with E-state index in [-0.39, 0.29) is 39.4 Å². The maximum absolute atomic E-state index is 12.5. The molecule has 0 spiro atoms. The van der Waals surface area contributed by atoms with E-state index in [4.69, 9.17) is 70.2 Å². The molecule has 234 valence electrons. The second-order valence-electron chi connectivity index (χ2n) is 9.95. The van der Waals surface area contributed by atoms with E-state index in [2.05, 4.69) is 20.4 Å². The van der Waals surface area contributed by atoms with E-state index in [1.165, 1.54) is 18.5 Å². The van der Waals surface area contributed by atoms with Gasteiger partial charge in [0, 0.05) is 17.6 Å². The van der Waals surface area contributed by atoms with Crippen LogP contribution < -0.4 is 5.32 Å². The summed E-state index contributed by atoms with van der Waals surface area (Å²) < 4.78 is 39.6. The number of hydrogen-bond donors (Lipinski definition) is 3. The summed E-state index contributed by atoms with van der Waals surface area (Å²) in [6.45, 7) is 0.0952. The van der Waals surface area contributed by atoms with Gasteiger partial charge in [-0.15, -0.1) is 11.6 Å². The number of aromatic amines is 1. The fourth-order valence-electron chi connectivity index (χ4n) is 4.26. The molecule has 0 saturated heterocycles. The molecule has 2 heterocycles. The average Bonchev–Trinajstić information content (AvgIpc) is 3.60. The van der Waals surface area contributed by atoms with E-state index in [1.807, 2.05) is 24.3 Å². The van der Waals surface area contributed by atoms with Gasteiger partial charge in [0.05, 0.1) is 49.9 Å². The number of amides is 1. The maximum Gasteiger partial charge on any atom is 0.417 e. The lowest BCUT2D eigenvalue weighted by molar-refractivity contribution is -0.137. The minimum absolute atomic E-state index is 0.0684. The molecule has 1 amide bonds. The van der Waals surface area contributed by atoms with Crippen molar-refractivity contribution in [1.82, 2.24) is 25.1 Å². The van der Waals surface area contributed by atoms with Crippen LogP contribution in [0.1, 0.15) is 40.0 Å². The standard InChI is InChI=1S/C14H8Cl3F3N2O.C14H15Cl2N3OS/c15-8-2-1-3-9(16)12(8)13(23)22-6-11-10(17)4-7(5-21-11)14(18,19)20;15-11-4-2-1-3-10(11)7-14(20,13(16)5-6-13)8-19-12(21)17-9-18-19/h1-5H,6H2,(H,22,23);1-4,9,20H,5-8H2,(H,17,18,21). The van der Waals surface area contributed by atoms with Crippen molar-refractivity contribution >= 4 is 76.1 Å². The van der Waals surface area contributed by atoms with Crippen molar-refractivity contribution in [3.05, 3.63) is 108 Å². The number of benzene rings is 2. The molecule has 1 aliphatic carbocycles. The van der Waals surface area contributed by atoms with Gasteiger partial charge in [-0.05, 0) is 54.9 Å². The lowest BCUT2D eigenvalue weighted by Gasteiger charge is -2.33. The Labute approximate surface area is 280 Å². The van der Waals surface area contributed by atoms with Crippen molar-refractivity contribution in [2.75, 3.05) is 0 Å². The molecule has 5 rings (SSSR count). The van der Waals surface area contributed by atoms with Gasteiger partial charge < -0.3 is 10.4 Å². The van der Waals surface area contributed by atoms with E-state index in [0.29, 0.717) is 22.4 Å². The zero-order chi connectivity index (χ0) is 32.3. The van der Waals surface area contributed by atoms with Crippen LogP contribution in [-0.4, -0.2) is 41.2 Å². The number of H-pyrrole nitrogens is 1. The predicted octanol–water partition coefficient (Wildman–Crippen LogP) is 8.33. The lowest BCUT2D eigenvalue weighted by atomic mass is 9.89. The molecule has 7 nitrogen and oxygen atoms in total. The Balaban J connectivity index is 0.000000201. The number of nitrogens with zero attached hydrogens (tertiary/aromatic N) is 3. The predicted molar refractivity (Wildman–Crippen MR) is 167 cm³/mol. The second-order valence-corrected chi connectivity index (χ2v) is 12.7. The smallest absolute Gasteiger partial charge is 0.386 e. The number of halogens is 8. The fraction of sp³-hybridized carbons (Fsp3) is 0.286. The van der Waals surface area contributed by atoms with Crippen molar-refractivity contribution in [3.63, 3.8) is 0 Å². The topological polar surface area (TPSA) is 95.8 Å². The van der Waals surface area contributed by atoms with Crippen LogP contribution in [0.2, 0.25) is 20.1 Å². The summed E-state index contributed by atoms with van der Waals surface area (Å²) in [4.78, 5) is 19.0. The molecule has 2 aromatic heterocycles. The Morgan fingerprint density at radius 1 is 1.02 bits per heavy atom. The summed E-state index contributed by atoms with van der Waals surface area (Å²) in [6.07, 6.45) is -0.462. The van der Waals surface area contributed by atoms with E-state index < -0.39 is 28.1 Å². The van der Waals surface area contributed by atoms with Crippen molar-refractivity contribution < 1.29 is 23.1 Å². The number of aromatic nitrogens is 4. The van der Waals surface area contributed by atoms with E-state index >= 15 is 0 Å². The van der Waals surface area contributed by atoms with Gasteiger partial charge in [0.15, 0.2) is 0 Å². The SMILES string of the molecule is O=C(NCc1ncc(C(F)(F)F)cc1Cl)c1c(Cl)cccc1Cl.OC(Cc1ccccc1Cl)(Cn1[nH]cnc1=S)C1(Cl)CC1. The lowest BCUT2D eigenvalue weighted by Crippen LogP contribution is -2.47. The fourth-order valence-corrected chi connectivity index (χ4v) is 5.66. The summed E-state index contributed by atoms with van der Waals surface area (Å²) in [5, 5.41) is 17.3. The molecular weight excluding hydrogens is 705 g/mol. The number of carbonyl (C=O) groups is 1. The molecule has 1 aliphatic rings. The van der Waals surface area contributed by atoms with Crippen LogP contribution in [0.3, 0.4) is 0 Å². The Bertz CT molecular complexity index is 1690. The first-order valence-electron chi connectivity index (χ1n) is 12.8. The zero-order valence-corrected chi connectivity index (χ0v) is 27.0. The minimum atomic E-state index is -4.54.